The normalized spacial score (nSPS) is 20.0. The molecule has 0 saturated heterocycles. The van der Waals surface area contributed by atoms with Crippen LogP contribution in [0.2, 0.25) is 0 Å². The van der Waals surface area contributed by atoms with Crippen molar-refractivity contribution < 1.29 is 29.2 Å². The van der Waals surface area contributed by atoms with Gasteiger partial charge in [-0.25, -0.2) is 4.79 Å². The molecule has 2 rings (SSSR count). The highest BCUT2D eigenvalue weighted by molar-refractivity contribution is 8.14. The van der Waals surface area contributed by atoms with Gasteiger partial charge < -0.3 is 24.4 Å². The van der Waals surface area contributed by atoms with E-state index in [1.54, 1.807) is 32.2 Å². The molecule has 8 heteroatoms. The molecule has 1 aliphatic rings. The number of aliphatic carboxylic acids is 1. The minimum atomic E-state index is -1.17. The van der Waals surface area contributed by atoms with Crippen molar-refractivity contribution >= 4 is 22.8 Å². The molecule has 0 saturated carbocycles. The van der Waals surface area contributed by atoms with E-state index in [0.717, 1.165) is 0 Å². The summed E-state index contributed by atoms with van der Waals surface area (Å²) in [4.78, 5) is 15.5. The molecule has 0 bridgehead atoms. The van der Waals surface area contributed by atoms with Crippen LogP contribution in [-0.2, 0) is 14.3 Å². The Labute approximate surface area is 144 Å². The van der Waals surface area contributed by atoms with Gasteiger partial charge in [0.15, 0.2) is 17.0 Å². The molecule has 0 fully saturated rings. The zero-order valence-corrected chi connectivity index (χ0v) is 14.5. The number of hydrogen-bond donors (Lipinski definition) is 2. The molecule has 1 heterocycles. The molecule has 0 radical (unpaired) electrons. The van der Waals surface area contributed by atoms with Gasteiger partial charge in [0.05, 0.1) is 25.4 Å². The first-order valence-corrected chi connectivity index (χ1v) is 8.44. The Hall–Kier alpha value is -1.77. The molecule has 0 amide bonds. The van der Waals surface area contributed by atoms with Crippen LogP contribution in [0.1, 0.15) is 12.5 Å². The van der Waals surface area contributed by atoms with Gasteiger partial charge >= 0.3 is 5.97 Å². The summed E-state index contributed by atoms with van der Waals surface area (Å²) in [6.07, 6.45) is 0. The number of thioether (sulfide) groups is 1. The van der Waals surface area contributed by atoms with E-state index in [0.29, 0.717) is 41.9 Å². The van der Waals surface area contributed by atoms with E-state index in [4.69, 9.17) is 14.2 Å². The molecule has 7 nitrogen and oxygen atoms in total. The number of ether oxygens (including phenoxy) is 3. The molecular weight excluding hydrogens is 334 g/mol. The van der Waals surface area contributed by atoms with Gasteiger partial charge in [-0.2, -0.15) is 0 Å². The van der Waals surface area contributed by atoms with Crippen LogP contribution in [-0.4, -0.2) is 66.1 Å². The molecule has 24 heavy (non-hydrogen) atoms. The van der Waals surface area contributed by atoms with Gasteiger partial charge in [0.2, 0.25) is 0 Å². The number of nitrogens with zero attached hydrogens (tertiary/aromatic N) is 1. The second kappa shape index (κ2) is 8.36. The second-order valence-corrected chi connectivity index (χ2v) is 6.35. The number of benzene rings is 1. The molecule has 0 aromatic heterocycles. The predicted molar refractivity (Wildman–Crippen MR) is 91.3 cm³/mol. The molecular formula is C16H21NO6S. The average molecular weight is 355 g/mol. The molecule has 132 valence electrons. The summed E-state index contributed by atoms with van der Waals surface area (Å²) in [5.41, 5.74) is -0.693. The average Bonchev–Trinajstić information content (AvgIpc) is 2.96. The van der Waals surface area contributed by atoms with Crippen molar-refractivity contribution in [2.75, 3.05) is 39.3 Å². The first-order chi connectivity index (χ1) is 11.5. The minimum absolute atomic E-state index is 0.0460. The van der Waals surface area contributed by atoms with Gasteiger partial charge in [0.1, 0.15) is 11.7 Å². The molecule has 0 spiro atoms. The number of rotatable bonds is 9. The van der Waals surface area contributed by atoms with Crippen LogP contribution in [0.15, 0.2) is 23.2 Å². The summed E-state index contributed by atoms with van der Waals surface area (Å²) in [5.74, 6) is -0.384. The number of methoxy groups -OCH3 is 1. The fraction of sp³-hybridized carbons (Fsp3) is 0.500. The second-order valence-electron chi connectivity index (χ2n) is 5.39. The number of carbonyl (C=O) groups is 1. The summed E-state index contributed by atoms with van der Waals surface area (Å²) in [6.45, 7) is 3.21. The van der Waals surface area contributed by atoms with Crippen LogP contribution in [0.4, 0.5) is 0 Å². The molecule has 0 aliphatic carbocycles. The lowest BCUT2D eigenvalue weighted by molar-refractivity contribution is -0.141. The molecule has 1 aromatic carbocycles. The predicted octanol–water partition coefficient (Wildman–Crippen LogP) is 1.77. The van der Waals surface area contributed by atoms with Gasteiger partial charge in [-0.3, -0.25) is 4.99 Å². The van der Waals surface area contributed by atoms with Crippen molar-refractivity contribution in [1.82, 2.24) is 0 Å². The van der Waals surface area contributed by atoms with Gasteiger partial charge in [-0.05, 0) is 19.1 Å². The van der Waals surface area contributed by atoms with Crippen molar-refractivity contribution in [2.45, 2.75) is 12.5 Å². The number of hydrogen-bond acceptors (Lipinski definition) is 7. The van der Waals surface area contributed by atoms with E-state index >= 15 is 0 Å². The maximum absolute atomic E-state index is 11.3. The Morgan fingerprint density at radius 1 is 1.33 bits per heavy atom. The highest BCUT2D eigenvalue weighted by Crippen LogP contribution is 2.37. The molecule has 1 aromatic rings. The van der Waals surface area contributed by atoms with Gasteiger partial charge in [0.25, 0.3) is 0 Å². The molecule has 1 atom stereocenters. The fourth-order valence-electron chi connectivity index (χ4n) is 2.01. The summed E-state index contributed by atoms with van der Waals surface area (Å²) < 4.78 is 15.7. The smallest absolute Gasteiger partial charge is 0.332 e. The third-order valence-electron chi connectivity index (χ3n) is 3.45. The number of aromatic hydroxyl groups is 1. The Balaban J connectivity index is 2.02. The van der Waals surface area contributed by atoms with Crippen LogP contribution in [0.5, 0.6) is 11.5 Å². The minimum Gasteiger partial charge on any atom is -0.504 e. The van der Waals surface area contributed by atoms with Gasteiger partial charge in [-0.15, -0.1) is 11.8 Å². The zero-order valence-electron chi connectivity index (χ0n) is 13.7. The fourth-order valence-corrected chi connectivity index (χ4v) is 3.20. The summed E-state index contributed by atoms with van der Waals surface area (Å²) in [5, 5.41) is 20.1. The number of aliphatic imine (C=N–C) groups is 1. The van der Waals surface area contributed by atoms with Crippen LogP contribution in [0.3, 0.4) is 0 Å². The lowest BCUT2D eigenvalue weighted by Crippen LogP contribution is -2.33. The van der Waals surface area contributed by atoms with E-state index in [2.05, 4.69) is 4.99 Å². The van der Waals surface area contributed by atoms with Crippen LogP contribution in [0, 0.1) is 0 Å². The largest absolute Gasteiger partial charge is 0.504 e. The van der Waals surface area contributed by atoms with Gasteiger partial charge in [0, 0.05) is 12.9 Å². The van der Waals surface area contributed by atoms with E-state index < -0.39 is 11.5 Å². The Bertz CT molecular complexity index is 621. The monoisotopic (exact) mass is 355 g/mol. The van der Waals surface area contributed by atoms with E-state index in [9.17, 15) is 15.0 Å². The molecule has 2 N–H and O–H groups in total. The Morgan fingerprint density at radius 3 is 2.75 bits per heavy atom. The van der Waals surface area contributed by atoms with Crippen molar-refractivity contribution in [1.29, 1.82) is 0 Å². The highest BCUT2D eigenvalue weighted by Gasteiger charge is 2.39. The standard InChI is InChI=1S/C16H21NO6S/c1-16(15(19)20)10-24-14(17-16)11-4-3-5-12(13(11)18)23-9-8-22-7-6-21-2/h3-5,18H,6-10H2,1-2H3,(H,19,20). The lowest BCUT2D eigenvalue weighted by atomic mass is 10.1. The van der Waals surface area contributed by atoms with Gasteiger partial charge in [-0.1, -0.05) is 6.07 Å². The van der Waals surface area contributed by atoms with Crippen LogP contribution >= 0.6 is 11.8 Å². The topological polar surface area (TPSA) is 97.6 Å². The first-order valence-electron chi connectivity index (χ1n) is 7.46. The third kappa shape index (κ3) is 4.40. The molecule has 1 aliphatic heterocycles. The van der Waals surface area contributed by atoms with Crippen molar-refractivity contribution in [3.8, 4) is 11.5 Å². The van der Waals surface area contributed by atoms with Crippen molar-refractivity contribution in [2.24, 2.45) is 4.99 Å². The van der Waals surface area contributed by atoms with E-state index in [1.165, 1.54) is 11.8 Å². The quantitative estimate of drug-likeness (QED) is 0.652. The number of phenols is 1. The summed E-state index contributed by atoms with van der Waals surface area (Å²) >= 11 is 1.31. The first kappa shape index (κ1) is 18.6. The van der Waals surface area contributed by atoms with Crippen LogP contribution < -0.4 is 4.74 Å². The number of para-hydroxylation sites is 1. The maximum atomic E-state index is 11.3. The third-order valence-corrected chi connectivity index (χ3v) is 4.74. The Morgan fingerprint density at radius 2 is 2.08 bits per heavy atom. The van der Waals surface area contributed by atoms with Crippen LogP contribution in [0.25, 0.3) is 0 Å². The zero-order chi connectivity index (χ0) is 17.6. The van der Waals surface area contributed by atoms with E-state index in [-0.39, 0.29) is 12.4 Å². The SMILES string of the molecule is COCCOCCOc1cccc(C2=NC(C)(C(=O)O)CS2)c1O. The summed E-state index contributed by atoms with van der Waals surface area (Å²) in [7, 11) is 1.60. The lowest BCUT2D eigenvalue weighted by Gasteiger charge is -2.12. The van der Waals surface area contributed by atoms with Crippen molar-refractivity contribution in [3.63, 3.8) is 0 Å². The maximum Gasteiger partial charge on any atom is 0.332 e. The van der Waals surface area contributed by atoms with Crippen molar-refractivity contribution in [3.05, 3.63) is 23.8 Å². The summed E-state index contributed by atoms with van der Waals surface area (Å²) in [6, 6.07) is 5.07. The molecule has 1 unspecified atom stereocenters. The van der Waals surface area contributed by atoms with E-state index in [1.807, 2.05) is 0 Å². The number of carboxylic acid groups (broad SMARTS) is 1. The highest BCUT2D eigenvalue weighted by atomic mass is 32.2. The number of carboxylic acids is 1. The number of phenolic OH excluding ortho intramolecular Hbond substituents is 1. The Kier molecular flexibility index (Phi) is 6.47.